The van der Waals surface area contributed by atoms with E-state index in [1.807, 2.05) is 24.3 Å². The Morgan fingerprint density at radius 3 is 1.96 bits per heavy atom. The average molecular weight is 318 g/mol. The van der Waals surface area contributed by atoms with E-state index in [0.29, 0.717) is 6.42 Å². The second-order valence-corrected chi connectivity index (χ2v) is 5.16. The average Bonchev–Trinajstić information content (AvgIpc) is 2.52. The van der Waals surface area contributed by atoms with Gasteiger partial charge in [0.15, 0.2) is 0 Å². The Kier molecular flexibility index (Phi) is 15.2. The molecule has 0 aliphatic heterocycles. The van der Waals surface area contributed by atoms with Crippen molar-refractivity contribution in [3.63, 3.8) is 0 Å². The Bertz CT molecular complexity index is 428. The van der Waals surface area contributed by atoms with Crippen LogP contribution in [0.3, 0.4) is 0 Å². The standard InChI is InChI=1S/C20H30O3/c1-2-3-4-5-6-7-10-13-16-19(21)17-14-11-8-9-12-15-18-20(22)23/h3-4,6-9,13-14,16-17,19,21H,2,5,10-12,15,18H2,1H3,(H,22,23)/b4-3-,7-6-,9-8-,16-13-,17-14-. The number of carbonyl (C=O) groups is 1. The van der Waals surface area contributed by atoms with Gasteiger partial charge in [-0.2, -0.15) is 0 Å². The van der Waals surface area contributed by atoms with Gasteiger partial charge in [-0.05, 0) is 38.5 Å². The zero-order valence-corrected chi connectivity index (χ0v) is 14.1. The largest absolute Gasteiger partial charge is 0.481 e. The minimum atomic E-state index is -0.750. The first-order chi connectivity index (χ1) is 11.2. The van der Waals surface area contributed by atoms with Crippen LogP contribution in [-0.2, 0) is 4.79 Å². The number of carboxylic acid groups (broad SMARTS) is 1. The Hall–Kier alpha value is -1.87. The molecule has 3 heteroatoms. The highest BCUT2D eigenvalue weighted by Gasteiger charge is 1.93. The summed E-state index contributed by atoms with van der Waals surface area (Å²) in [7, 11) is 0. The molecule has 0 fully saturated rings. The maximum Gasteiger partial charge on any atom is 0.303 e. The van der Waals surface area contributed by atoms with Crippen molar-refractivity contribution in [3.8, 4) is 0 Å². The molecule has 0 heterocycles. The molecule has 0 aliphatic rings. The summed E-state index contributed by atoms with van der Waals surface area (Å²) in [5.41, 5.74) is 0. The summed E-state index contributed by atoms with van der Waals surface area (Å²) in [5.74, 6) is -0.750. The molecule has 0 saturated carbocycles. The Morgan fingerprint density at radius 2 is 1.39 bits per heavy atom. The molecule has 128 valence electrons. The van der Waals surface area contributed by atoms with Gasteiger partial charge in [0.25, 0.3) is 0 Å². The third-order valence-electron chi connectivity index (χ3n) is 2.98. The predicted octanol–water partition coefficient (Wildman–Crippen LogP) is 4.96. The number of unbranched alkanes of at least 4 members (excludes halogenated alkanes) is 1. The lowest BCUT2D eigenvalue weighted by Gasteiger charge is -1.95. The molecule has 23 heavy (non-hydrogen) atoms. The van der Waals surface area contributed by atoms with Crippen LogP contribution in [0.25, 0.3) is 0 Å². The summed E-state index contributed by atoms with van der Waals surface area (Å²) in [4.78, 5) is 10.3. The minimum absolute atomic E-state index is 0.215. The molecule has 0 amide bonds. The van der Waals surface area contributed by atoms with Crippen LogP contribution in [0.4, 0.5) is 0 Å². The number of hydrogen-bond donors (Lipinski definition) is 2. The fourth-order valence-electron chi connectivity index (χ4n) is 1.78. The van der Waals surface area contributed by atoms with Crippen molar-refractivity contribution in [3.05, 3.63) is 60.8 Å². The lowest BCUT2D eigenvalue weighted by molar-refractivity contribution is -0.137. The van der Waals surface area contributed by atoms with E-state index in [2.05, 4.69) is 31.2 Å². The number of allylic oxidation sites excluding steroid dienone is 8. The van der Waals surface area contributed by atoms with Crippen LogP contribution in [-0.4, -0.2) is 22.3 Å². The van der Waals surface area contributed by atoms with Crippen molar-refractivity contribution in [2.24, 2.45) is 0 Å². The SMILES string of the molecule is CC/C=C\C/C=C\C/C=C\C(O)/C=C\C/C=C\CCCC(=O)O. The van der Waals surface area contributed by atoms with E-state index >= 15 is 0 Å². The van der Waals surface area contributed by atoms with Crippen molar-refractivity contribution < 1.29 is 15.0 Å². The van der Waals surface area contributed by atoms with E-state index in [1.54, 1.807) is 12.2 Å². The topological polar surface area (TPSA) is 57.5 Å². The minimum Gasteiger partial charge on any atom is -0.481 e. The Labute approximate surface area is 140 Å². The van der Waals surface area contributed by atoms with Gasteiger partial charge < -0.3 is 10.2 Å². The molecule has 0 bridgehead atoms. The number of hydrogen-bond acceptors (Lipinski definition) is 2. The molecular weight excluding hydrogens is 288 g/mol. The van der Waals surface area contributed by atoms with Crippen molar-refractivity contribution in [2.75, 3.05) is 0 Å². The third-order valence-corrected chi connectivity index (χ3v) is 2.98. The van der Waals surface area contributed by atoms with Crippen LogP contribution >= 0.6 is 0 Å². The highest BCUT2D eigenvalue weighted by molar-refractivity contribution is 5.66. The number of carboxylic acids is 1. The highest BCUT2D eigenvalue weighted by atomic mass is 16.4. The summed E-state index contributed by atoms with van der Waals surface area (Å²) in [6.07, 6.45) is 24.6. The van der Waals surface area contributed by atoms with Gasteiger partial charge in [0.1, 0.15) is 0 Å². The van der Waals surface area contributed by atoms with Gasteiger partial charge in [0.05, 0.1) is 6.10 Å². The second-order valence-electron chi connectivity index (χ2n) is 5.16. The van der Waals surface area contributed by atoms with Crippen LogP contribution in [0.1, 0.15) is 51.9 Å². The van der Waals surface area contributed by atoms with Gasteiger partial charge in [-0.1, -0.05) is 67.7 Å². The second kappa shape index (κ2) is 16.5. The van der Waals surface area contributed by atoms with Gasteiger partial charge in [-0.3, -0.25) is 4.79 Å². The zero-order chi connectivity index (χ0) is 17.2. The van der Waals surface area contributed by atoms with Crippen LogP contribution in [0.5, 0.6) is 0 Å². The molecule has 0 aliphatic carbocycles. The summed E-state index contributed by atoms with van der Waals surface area (Å²) < 4.78 is 0. The van der Waals surface area contributed by atoms with Gasteiger partial charge in [0.2, 0.25) is 0 Å². The van der Waals surface area contributed by atoms with Gasteiger partial charge >= 0.3 is 5.97 Å². The normalized spacial score (nSPS) is 14.2. The van der Waals surface area contributed by atoms with E-state index < -0.39 is 12.1 Å². The van der Waals surface area contributed by atoms with Crippen LogP contribution in [0.2, 0.25) is 0 Å². The van der Waals surface area contributed by atoms with Gasteiger partial charge in [-0.25, -0.2) is 0 Å². The Balaban J connectivity index is 3.69. The monoisotopic (exact) mass is 318 g/mol. The molecule has 3 nitrogen and oxygen atoms in total. The first-order valence-electron chi connectivity index (χ1n) is 8.35. The molecule has 0 radical (unpaired) electrons. The maximum atomic E-state index is 10.3. The van der Waals surface area contributed by atoms with E-state index in [-0.39, 0.29) is 6.42 Å². The first-order valence-corrected chi connectivity index (χ1v) is 8.35. The third kappa shape index (κ3) is 18.1. The first kappa shape index (κ1) is 21.1. The molecule has 2 N–H and O–H groups in total. The quantitative estimate of drug-likeness (QED) is 0.372. The van der Waals surface area contributed by atoms with Gasteiger partial charge in [-0.15, -0.1) is 0 Å². The Morgan fingerprint density at radius 1 is 0.870 bits per heavy atom. The van der Waals surface area contributed by atoms with Crippen molar-refractivity contribution >= 4 is 5.97 Å². The lowest BCUT2D eigenvalue weighted by atomic mass is 10.2. The highest BCUT2D eigenvalue weighted by Crippen LogP contribution is 1.99. The summed E-state index contributed by atoms with van der Waals surface area (Å²) in [6.45, 7) is 2.12. The van der Waals surface area contributed by atoms with Crippen molar-refractivity contribution in [2.45, 2.75) is 58.0 Å². The fraction of sp³-hybridized carbons (Fsp3) is 0.450. The zero-order valence-electron chi connectivity index (χ0n) is 14.1. The molecule has 0 rings (SSSR count). The van der Waals surface area contributed by atoms with Crippen LogP contribution in [0, 0.1) is 0 Å². The molecule has 0 aromatic rings. The fourth-order valence-corrected chi connectivity index (χ4v) is 1.78. The van der Waals surface area contributed by atoms with E-state index in [0.717, 1.165) is 32.1 Å². The molecule has 1 atom stereocenters. The molecule has 0 aromatic heterocycles. The number of rotatable bonds is 13. The lowest BCUT2D eigenvalue weighted by Crippen LogP contribution is -1.95. The molecule has 0 saturated heterocycles. The number of aliphatic carboxylic acids is 1. The van der Waals surface area contributed by atoms with E-state index in [9.17, 15) is 9.90 Å². The summed E-state index contributed by atoms with van der Waals surface area (Å²) in [5, 5.41) is 18.2. The van der Waals surface area contributed by atoms with Crippen LogP contribution < -0.4 is 0 Å². The molecule has 0 spiro atoms. The maximum absolute atomic E-state index is 10.3. The van der Waals surface area contributed by atoms with Crippen LogP contribution in [0.15, 0.2) is 60.8 Å². The van der Waals surface area contributed by atoms with E-state index in [1.165, 1.54) is 0 Å². The number of aliphatic hydroxyl groups is 1. The molecule has 1 unspecified atom stereocenters. The number of aliphatic hydroxyl groups excluding tert-OH is 1. The molecular formula is C20H30O3. The summed E-state index contributed by atoms with van der Waals surface area (Å²) >= 11 is 0. The summed E-state index contributed by atoms with van der Waals surface area (Å²) in [6, 6.07) is 0. The smallest absolute Gasteiger partial charge is 0.303 e. The van der Waals surface area contributed by atoms with Gasteiger partial charge in [0, 0.05) is 6.42 Å². The molecule has 0 aromatic carbocycles. The predicted molar refractivity (Wildman–Crippen MR) is 97.3 cm³/mol. The van der Waals surface area contributed by atoms with Crippen molar-refractivity contribution in [1.29, 1.82) is 0 Å². The van der Waals surface area contributed by atoms with E-state index in [4.69, 9.17) is 5.11 Å². The van der Waals surface area contributed by atoms with Crippen molar-refractivity contribution in [1.82, 2.24) is 0 Å².